The normalized spacial score (nSPS) is 12.3. The highest BCUT2D eigenvalue weighted by atomic mass is 35.5. The monoisotopic (exact) mass is 574 g/mol. The van der Waals surface area contributed by atoms with Crippen molar-refractivity contribution in [2.24, 2.45) is 10.8 Å². The van der Waals surface area contributed by atoms with E-state index in [0.717, 1.165) is 61.4 Å². The number of aromatic amines is 1. The number of thiophene rings is 1. The highest BCUT2D eigenvalue weighted by Gasteiger charge is 2.31. The predicted molar refractivity (Wildman–Crippen MR) is 165 cm³/mol. The van der Waals surface area contributed by atoms with Gasteiger partial charge in [0.05, 0.1) is 21.3 Å². The van der Waals surface area contributed by atoms with Crippen molar-refractivity contribution in [3.05, 3.63) is 93.1 Å². The van der Waals surface area contributed by atoms with Crippen molar-refractivity contribution in [3.63, 3.8) is 0 Å². The van der Waals surface area contributed by atoms with Crippen LogP contribution in [0, 0.1) is 10.8 Å². The van der Waals surface area contributed by atoms with Gasteiger partial charge in [0.25, 0.3) is 0 Å². The molecule has 0 unspecified atom stereocenters. The van der Waals surface area contributed by atoms with E-state index in [1.807, 2.05) is 47.8 Å². The van der Waals surface area contributed by atoms with Gasteiger partial charge in [-0.3, -0.25) is 4.79 Å². The van der Waals surface area contributed by atoms with Gasteiger partial charge in [0, 0.05) is 40.0 Å². The van der Waals surface area contributed by atoms with Gasteiger partial charge in [-0.1, -0.05) is 44.5 Å². The van der Waals surface area contributed by atoms with E-state index in [1.165, 1.54) is 0 Å². The number of rotatable bonds is 9. The fraction of sp³-hybridized carbons (Fsp3) is 0.333. The zero-order chi connectivity index (χ0) is 28.7. The first-order valence-corrected chi connectivity index (χ1v) is 14.7. The number of carboxylic acids is 1. The standard InChI is InChI=1S/C33H35ClN2O3S/c1-32(2,3)17-24-27(18-33(4,5)31(37)38)36-26-11-12-28(23(30(24)26)16-20-6-8-21(34)9-7-20)39-19-22-10-13-29-25(35-22)14-15-40-29/h6-15,36H,16-19H2,1-5H3,(H,37,38). The molecule has 0 saturated carbocycles. The number of halogens is 1. The Hall–Kier alpha value is -3.35. The van der Waals surface area contributed by atoms with E-state index in [2.05, 4.69) is 37.9 Å². The van der Waals surface area contributed by atoms with Crippen LogP contribution in [0.1, 0.15) is 62.7 Å². The molecule has 40 heavy (non-hydrogen) atoms. The molecule has 2 N–H and O–H groups in total. The second kappa shape index (κ2) is 10.9. The Morgan fingerprint density at radius 2 is 1.73 bits per heavy atom. The molecule has 5 rings (SSSR count). The summed E-state index contributed by atoms with van der Waals surface area (Å²) in [4.78, 5) is 20.4. The van der Waals surface area contributed by atoms with Crippen LogP contribution in [0.25, 0.3) is 21.1 Å². The van der Waals surface area contributed by atoms with Crippen LogP contribution in [-0.4, -0.2) is 21.0 Å². The second-order valence-electron chi connectivity index (χ2n) is 12.3. The molecule has 5 aromatic rings. The molecule has 0 fully saturated rings. The van der Waals surface area contributed by atoms with Crippen LogP contribution in [0.2, 0.25) is 5.02 Å². The molecule has 0 amide bonds. The molecular formula is C33H35ClN2O3S. The first kappa shape index (κ1) is 28.2. The molecule has 0 aliphatic carbocycles. The Balaban J connectivity index is 1.63. The van der Waals surface area contributed by atoms with E-state index in [-0.39, 0.29) is 5.41 Å². The molecule has 0 radical (unpaired) electrons. The quantitative estimate of drug-likeness (QED) is 0.184. The number of H-pyrrole nitrogens is 1. The van der Waals surface area contributed by atoms with Crippen molar-refractivity contribution in [2.75, 3.05) is 0 Å². The van der Waals surface area contributed by atoms with Crippen molar-refractivity contribution in [2.45, 2.75) is 60.5 Å². The summed E-state index contributed by atoms with van der Waals surface area (Å²) in [5.41, 5.74) is 6.25. The fourth-order valence-corrected chi connectivity index (χ4v) is 5.96. The summed E-state index contributed by atoms with van der Waals surface area (Å²) in [5, 5.41) is 13.8. The minimum atomic E-state index is -0.908. The largest absolute Gasteiger partial charge is 0.487 e. The number of aromatic nitrogens is 2. The molecule has 0 aliphatic rings. The smallest absolute Gasteiger partial charge is 0.309 e. The molecule has 5 nitrogen and oxygen atoms in total. The second-order valence-corrected chi connectivity index (χ2v) is 13.7. The molecular weight excluding hydrogens is 540 g/mol. The number of nitrogens with zero attached hydrogens (tertiary/aromatic N) is 1. The number of fused-ring (bicyclic) bond motifs is 2. The van der Waals surface area contributed by atoms with E-state index < -0.39 is 11.4 Å². The van der Waals surface area contributed by atoms with E-state index >= 15 is 0 Å². The Morgan fingerprint density at radius 3 is 2.42 bits per heavy atom. The fourth-order valence-electron chi connectivity index (χ4n) is 5.10. The number of pyridine rings is 1. The summed E-state index contributed by atoms with van der Waals surface area (Å²) in [5.74, 6) is -0.0127. The molecule has 0 atom stereocenters. The van der Waals surface area contributed by atoms with Gasteiger partial charge in [0.15, 0.2) is 0 Å². The lowest BCUT2D eigenvalue weighted by Gasteiger charge is -2.23. The van der Waals surface area contributed by atoms with Gasteiger partial charge in [-0.05, 0) is 84.7 Å². The summed E-state index contributed by atoms with van der Waals surface area (Å²) >= 11 is 7.87. The van der Waals surface area contributed by atoms with Gasteiger partial charge in [-0.2, -0.15) is 0 Å². The van der Waals surface area contributed by atoms with Crippen molar-refractivity contribution in [1.82, 2.24) is 9.97 Å². The van der Waals surface area contributed by atoms with Gasteiger partial charge in [0.1, 0.15) is 12.4 Å². The zero-order valence-corrected chi connectivity index (χ0v) is 25.2. The van der Waals surface area contributed by atoms with E-state index in [9.17, 15) is 9.90 Å². The molecule has 2 aromatic carbocycles. The lowest BCUT2D eigenvalue weighted by atomic mass is 9.81. The van der Waals surface area contributed by atoms with Gasteiger partial charge < -0.3 is 14.8 Å². The van der Waals surface area contributed by atoms with Crippen LogP contribution >= 0.6 is 22.9 Å². The van der Waals surface area contributed by atoms with Crippen LogP contribution in [0.4, 0.5) is 0 Å². The Morgan fingerprint density at radius 1 is 0.975 bits per heavy atom. The molecule has 208 valence electrons. The van der Waals surface area contributed by atoms with Crippen LogP contribution in [-0.2, 0) is 30.7 Å². The number of nitrogens with one attached hydrogen (secondary N) is 1. The van der Waals surface area contributed by atoms with E-state index in [0.29, 0.717) is 24.5 Å². The molecule has 3 heterocycles. The zero-order valence-electron chi connectivity index (χ0n) is 23.6. The highest BCUT2D eigenvalue weighted by molar-refractivity contribution is 7.17. The Labute approximate surface area is 244 Å². The van der Waals surface area contributed by atoms with Gasteiger partial charge in [-0.25, -0.2) is 4.98 Å². The maximum atomic E-state index is 12.1. The third kappa shape index (κ3) is 6.18. The summed E-state index contributed by atoms with van der Waals surface area (Å²) in [6, 6.07) is 18.1. The lowest BCUT2D eigenvalue weighted by molar-refractivity contribution is -0.146. The first-order valence-electron chi connectivity index (χ1n) is 13.5. The number of ether oxygens (including phenoxy) is 1. The topological polar surface area (TPSA) is 75.2 Å². The van der Waals surface area contributed by atoms with Crippen molar-refractivity contribution < 1.29 is 14.6 Å². The molecule has 0 spiro atoms. The summed E-state index contributed by atoms with van der Waals surface area (Å²) in [6.07, 6.45) is 1.85. The average molecular weight is 575 g/mol. The number of carboxylic acid groups (broad SMARTS) is 1. The maximum absolute atomic E-state index is 12.1. The highest BCUT2D eigenvalue weighted by Crippen LogP contribution is 2.39. The number of hydrogen-bond donors (Lipinski definition) is 2. The SMILES string of the molecule is CC(C)(C)Cc1c(CC(C)(C)C(=O)O)[nH]c2ccc(OCc3ccc4sccc4n3)c(Cc3ccc(Cl)cc3)c12. The number of carbonyl (C=O) groups is 1. The van der Waals surface area contributed by atoms with Crippen LogP contribution < -0.4 is 4.74 Å². The molecule has 3 aromatic heterocycles. The summed E-state index contributed by atoms with van der Waals surface area (Å²) in [6.45, 7) is 10.5. The average Bonchev–Trinajstić information content (AvgIpc) is 3.48. The lowest BCUT2D eigenvalue weighted by Crippen LogP contribution is -2.27. The van der Waals surface area contributed by atoms with Gasteiger partial charge in [0.2, 0.25) is 0 Å². The van der Waals surface area contributed by atoms with Crippen molar-refractivity contribution >= 4 is 50.0 Å². The van der Waals surface area contributed by atoms with Crippen LogP contribution in [0.5, 0.6) is 5.75 Å². The van der Waals surface area contributed by atoms with Crippen LogP contribution in [0.15, 0.2) is 60.0 Å². The minimum absolute atomic E-state index is 0.00842. The predicted octanol–water partition coefficient (Wildman–Crippen LogP) is 8.84. The Kier molecular flexibility index (Phi) is 7.68. The minimum Gasteiger partial charge on any atom is -0.487 e. The molecule has 0 bridgehead atoms. The first-order chi connectivity index (χ1) is 18.9. The Bertz CT molecular complexity index is 1680. The molecule has 7 heteroatoms. The summed E-state index contributed by atoms with van der Waals surface area (Å²) < 4.78 is 7.65. The van der Waals surface area contributed by atoms with Crippen molar-refractivity contribution in [1.29, 1.82) is 0 Å². The number of hydrogen-bond acceptors (Lipinski definition) is 4. The third-order valence-electron chi connectivity index (χ3n) is 7.16. The molecule has 0 saturated heterocycles. The van der Waals surface area contributed by atoms with E-state index in [4.69, 9.17) is 21.3 Å². The van der Waals surface area contributed by atoms with Crippen LogP contribution in [0.3, 0.4) is 0 Å². The summed E-state index contributed by atoms with van der Waals surface area (Å²) in [7, 11) is 0. The van der Waals surface area contributed by atoms with Crippen molar-refractivity contribution in [3.8, 4) is 5.75 Å². The van der Waals surface area contributed by atoms with Gasteiger partial charge in [-0.15, -0.1) is 11.3 Å². The number of aliphatic carboxylic acids is 1. The third-order valence-corrected chi connectivity index (χ3v) is 8.28. The number of benzene rings is 2. The van der Waals surface area contributed by atoms with E-state index in [1.54, 1.807) is 25.2 Å². The van der Waals surface area contributed by atoms with Gasteiger partial charge >= 0.3 is 5.97 Å². The molecule has 0 aliphatic heterocycles. The maximum Gasteiger partial charge on any atom is 0.309 e.